The van der Waals surface area contributed by atoms with Crippen molar-refractivity contribution in [2.75, 3.05) is 6.54 Å². The van der Waals surface area contributed by atoms with Crippen LogP contribution in [0.2, 0.25) is 0 Å². The molecule has 0 saturated carbocycles. The van der Waals surface area contributed by atoms with Crippen molar-refractivity contribution < 1.29 is 13.2 Å². The van der Waals surface area contributed by atoms with Crippen molar-refractivity contribution in [3.8, 4) is 0 Å². The minimum atomic E-state index is -3.60. The fourth-order valence-corrected chi connectivity index (χ4v) is 2.88. The van der Waals surface area contributed by atoms with Gasteiger partial charge in [-0.3, -0.25) is 9.48 Å². The van der Waals surface area contributed by atoms with Crippen molar-refractivity contribution in [3.05, 3.63) is 42.5 Å². The van der Waals surface area contributed by atoms with Crippen LogP contribution >= 0.6 is 0 Å². The molecule has 7 nitrogen and oxygen atoms in total. The summed E-state index contributed by atoms with van der Waals surface area (Å²) in [7, 11) is -3.60. The van der Waals surface area contributed by atoms with Gasteiger partial charge >= 0.3 is 0 Å². The second-order valence-electron chi connectivity index (χ2n) is 4.49. The highest BCUT2D eigenvalue weighted by molar-refractivity contribution is 7.89. The molecule has 2 aromatic rings. The zero-order valence-electron chi connectivity index (χ0n) is 11.6. The predicted molar refractivity (Wildman–Crippen MR) is 76.3 cm³/mol. The van der Waals surface area contributed by atoms with Gasteiger partial charge < -0.3 is 0 Å². The lowest BCUT2D eigenvalue weighted by atomic mass is 10.2. The quantitative estimate of drug-likeness (QED) is 0.604. The number of sulfonamides is 1. The van der Waals surface area contributed by atoms with Gasteiger partial charge in [0.05, 0.1) is 4.90 Å². The number of aromatic nitrogens is 3. The molecule has 0 saturated heterocycles. The van der Waals surface area contributed by atoms with E-state index in [1.165, 1.54) is 25.4 Å². The van der Waals surface area contributed by atoms with Gasteiger partial charge in [0, 0.05) is 18.7 Å². The Morgan fingerprint density at radius 2 is 2.19 bits per heavy atom. The Balaban J connectivity index is 1.95. The third-order valence-electron chi connectivity index (χ3n) is 2.87. The molecule has 0 fully saturated rings. The van der Waals surface area contributed by atoms with Crippen molar-refractivity contribution in [1.29, 1.82) is 0 Å². The van der Waals surface area contributed by atoms with E-state index in [0.29, 0.717) is 18.5 Å². The number of nitrogens with zero attached hydrogens (tertiary/aromatic N) is 3. The first-order valence-electron chi connectivity index (χ1n) is 6.42. The molecule has 21 heavy (non-hydrogen) atoms. The summed E-state index contributed by atoms with van der Waals surface area (Å²) in [6.45, 7) is 2.26. The molecule has 1 aromatic heterocycles. The SMILES string of the molecule is CC(=O)c1cccc(S(=O)(=O)NCCCn2cncn2)c1. The smallest absolute Gasteiger partial charge is 0.240 e. The molecule has 0 atom stereocenters. The Bertz CT molecular complexity index is 711. The number of rotatable bonds is 7. The first kappa shape index (κ1) is 15.3. The number of hydrogen-bond donors (Lipinski definition) is 1. The maximum Gasteiger partial charge on any atom is 0.240 e. The van der Waals surface area contributed by atoms with Crippen LogP contribution in [0.25, 0.3) is 0 Å². The molecule has 1 heterocycles. The molecule has 8 heteroatoms. The summed E-state index contributed by atoms with van der Waals surface area (Å²) < 4.78 is 28.4. The van der Waals surface area contributed by atoms with E-state index in [-0.39, 0.29) is 17.2 Å². The van der Waals surface area contributed by atoms with Crippen molar-refractivity contribution >= 4 is 15.8 Å². The number of hydrogen-bond acceptors (Lipinski definition) is 5. The van der Waals surface area contributed by atoms with Crippen molar-refractivity contribution in [2.24, 2.45) is 0 Å². The second-order valence-corrected chi connectivity index (χ2v) is 6.26. The van der Waals surface area contributed by atoms with E-state index in [1.807, 2.05) is 0 Å². The van der Waals surface area contributed by atoms with E-state index in [0.717, 1.165) is 0 Å². The molecule has 0 bridgehead atoms. The van der Waals surface area contributed by atoms with E-state index in [2.05, 4.69) is 14.8 Å². The average molecular weight is 308 g/mol. The van der Waals surface area contributed by atoms with Crippen LogP contribution in [0.15, 0.2) is 41.8 Å². The molecule has 0 radical (unpaired) electrons. The summed E-state index contributed by atoms with van der Waals surface area (Å²) in [5.41, 5.74) is 0.375. The lowest BCUT2D eigenvalue weighted by Crippen LogP contribution is -2.25. The zero-order chi connectivity index (χ0) is 15.3. The number of nitrogens with one attached hydrogen (secondary N) is 1. The van der Waals surface area contributed by atoms with Crippen LogP contribution in [0.5, 0.6) is 0 Å². The lowest BCUT2D eigenvalue weighted by Gasteiger charge is -2.07. The summed E-state index contributed by atoms with van der Waals surface area (Å²) in [4.78, 5) is 15.2. The fraction of sp³-hybridized carbons (Fsp3) is 0.308. The van der Waals surface area contributed by atoms with Gasteiger partial charge in [-0.05, 0) is 25.5 Å². The van der Waals surface area contributed by atoms with Gasteiger partial charge in [0.15, 0.2) is 5.78 Å². The standard InChI is InChI=1S/C13H16N4O3S/c1-11(18)12-4-2-5-13(8-12)21(19,20)16-6-3-7-17-10-14-9-15-17/h2,4-5,8-10,16H,3,6-7H2,1H3. The number of carbonyl (C=O) groups is 1. The molecule has 0 aliphatic rings. The van der Waals surface area contributed by atoms with Crippen LogP contribution in [0, 0.1) is 0 Å². The monoisotopic (exact) mass is 308 g/mol. The Hall–Kier alpha value is -2.06. The van der Waals surface area contributed by atoms with Crippen molar-refractivity contribution in [1.82, 2.24) is 19.5 Å². The normalized spacial score (nSPS) is 11.5. The second kappa shape index (κ2) is 6.59. The minimum absolute atomic E-state index is 0.0935. The Labute approximate surface area is 123 Å². The molecule has 112 valence electrons. The number of carbonyl (C=O) groups excluding carboxylic acids is 1. The van der Waals surface area contributed by atoms with Crippen LogP contribution in [0.4, 0.5) is 0 Å². The van der Waals surface area contributed by atoms with E-state index in [4.69, 9.17) is 0 Å². The topological polar surface area (TPSA) is 94.0 Å². The van der Waals surface area contributed by atoms with Gasteiger partial charge in [-0.15, -0.1) is 0 Å². The van der Waals surface area contributed by atoms with Crippen LogP contribution < -0.4 is 4.72 Å². The third kappa shape index (κ3) is 4.20. The van der Waals surface area contributed by atoms with Crippen LogP contribution in [-0.4, -0.2) is 35.5 Å². The van der Waals surface area contributed by atoms with Crippen LogP contribution in [0.1, 0.15) is 23.7 Å². The summed E-state index contributed by atoms with van der Waals surface area (Å²) >= 11 is 0. The van der Waals surface area contributed by atoms with Gasteiger partial charge in [0.2, 0.25) is 10.0 Å². The number of aryl methyl sites for hydroxylation is 1. The number of ketones is 1. The molecule has 0 aliphatic heterocycles. The highest BCUT2D eigenvalue weighted by Crippen LogP contribution is 2.11. The summed E-state index contributed by atoms with van der Waals surface area (Å²) in [5, 5.41) is 3.93. The van der Waals surface area contributed by atoms with Crippen molar-refractivity contribution in [2.45, 2.75) is 24.8 Å². The Morgan fingerprint density at radius 3 is 2.86 bits per heavy atom. The summed E-state index contributed by atoms with van der Waals surface area (Å²) in [6, 6.07) is 5.99. The molecule has 1 N–H and O–H groups in total. The maximum atomic E-state index is 12.1. The van der Waals surface area contributed by atoms with Crippen molar-refractivity contribution in [3.63, 3.8) is 0 Å². The van der Waals surface area contributed by atoms with E-state index in [9.17, 15) is 13.2 Å². The van der Waals surface area contributed by atoms with Gasteiger partial charge in [-0.1, -0.05) is 12.1 Å². The van der Waals surface area contributed by atoms with Gasteiger partial charge in [0.25, 0.3) is 0 Å². The van der Waals surface area contributed by atoms with E-state index >= 15 is 0 Å². The molecule has 0 spiro atoms. The molecule has 0 amide bonds. The van der Waals surface area contributed by atoms with Gasteiger partial charge in [-0.2, -0.15) is 5.10 Å². The predicted octanol–water partition coefficient (Wildman–Crippen LogP) is 0.849. The van der Waals surface area contributed by atoms with Gasteiger partial charge in [-0.25, -0.2) is 18.1 Å². The molecular formula is C13H16N4O3S. The first-order valence-corrected chi connectivity index (χ1v) is 7.90. The maximum absolute atomic E-state index is 12.1. The van der Waals surface area contributed by atoms with E-state index in [1.54, 1.807) is 23.1 Å². The fourth-order valence-electron chi connectivity index (χ4n) is 1.76. The first-order chi connectivity index (χ1) is 9.99. The molecule has 2 rings (SSSR count). The Morgan fingerprint density at radius 1 is 1.38 bits per heavy atom. The van der Waals surface area contributed by atoms with Crippen LogP contribution in [0.3, 0.4) is 0 Å². The largest absolute Gasteiger partial charge is 0.295 e. The van der Waals surface area contributed by atoms with E-state index < -0.39 is 10.0 Å². The molecule has 0 aliphatic carbocycles. The zero-order valence-corrected chi connectivity index (χ0v) is 12.4. The highest BCUT2D eigenvalue weighted by Gasteiger charge is 2.14. The lowest BCUT2D eigenvalue weighted by molar-refractivity contribution is 0.101. The molecule has 1 aromatic carbocycles. The average Bonchev–Trinajstić information content (AvgIpc) is 2.97. The number of benzene rings is 1. The molecule has 0 unspecified atom stereocenters. The number of Topliss-reactive ketones (excluding diaryl/α,β-unsaturated/α-hetero) is 1. The minimum Gasteiger partial charge on any atom is -0.295 e. The van der Waals surface area contributed by atoms with Gasteiger partial charge in [0.1, 0.15) is 12.7 Å². The van der Waals surface area contributed by atoms with Crippen LogP contribution in [-0.2, 0) is 16.6 Å². The third-order valence-corrected chi connectivity index (χ3v) is 4.33. The summed E-state index contributed by atoms with van der Waals surface area (Å²) in [6.07, 6.45) is 3.59. The molecular weight excluding hydrogens is 292 g/mol. The summed E-state index contributed by atoms with van der Waals surface area (Å²) in [5.74, 6) is -0.168. The highest BCUT2D eigenvalue weighted by atomic mass is 32.2. The Kier molecular flexibility index (Phi) is 4.81.